The minimum Gasteiger partial charge on any atom is -0.497 e. The number of likely N-dealkylation sites (N-methyl/N-ethyl adjacent to an activating group) is 1. The first-order valence-corrected chi connectivity index (χ1v) is 17.6. The van der Waals surface area contributed by atoms with Gasteiger partial charge in [0.05, 0.1) is 29.1 Å². The van der Waals surface area contributed by atoms with Gasteiger partial charge in [-0.2, -0.15) is 0 Å². The molecule has 1 spiro atoms. The van der Waals surface area contributed by atoms with Crippen LogP contribution in [0.5, 0.6) is 5.75 Å². The molecular weight excluding hydrogens is 617 g/mol. The standard InChI is InChI=1S/C34H41Cl2N3O4S/c1-23-16-24(2)18-27(17-23)33(40)37(3)21-26(25-6-8-30(35)31(36)19-25)10-13-38-14-11-34(12-15-38)22-39(44(5,41)42)32-9-7-28(43-4)20-29(32)34/h6-9,16-20,26H,10-15,21-22H2,1-5H3. The highest BCUT2D eigenvalue weighted by Gasteiger charge is 2.47. The molecule has 1 atom stereocenters. The van der Waals surface area contributed by atoms with Crippen LogP contribution in [-0.4, -0.2) is 77.3 Å². The SMILES string of the molecule is COc1ccc2c(c1)C1(CCN(CCC(CN(C)C(=O)c3cc(C)cc(C)c3)c3ccc(Cl)c(Cl)c3)CC1)CN2S(C)(=O)=O. The molecular formula is C34H41Cl2N3O4S. The van der Waals surface area contributed by atoms with Crippen LogP contribution >= 0.6 is 23.2 Å². The van der Waals surface area contributed by atoms with E-state index in [0.717, 1.165) is 72.6 Å². The van der Waals surface area contributed by atoms with Gasteiger partial charge in [-0.05, 0) is 106 Å². The summed E-state index contributed by atoms with van der Waals surface area (Å²) in [7, 11) is 0.0918. The molecule has 0 radical (unpaired) electrons. The summed E-state index contributed by atoms with van der Waals surface area (Å²) in [5.41, 5.74) is 5.44. The molecule has 1 fully saturated rings. The quantitative estimate of drug-likeness (QED) is 0.257. The van der Waals surface area contributed by atoms with E-state index in [1.165, 1.54) is 6.26 Å². The molecule has 2 heterocycles. The number of hydrogen-bond donors (Lipinski definition) is 0. The third-order valence-corrected chi connectivity index (χ3v) is 11.1. The van der Waals surface area contributed by atoms with Gasteiger partial charge in [0.25, 0.3) is 5.91 Å². The monoisotopic (exact) mass is 657 g/mol. The number of methoxy groups -OCH3 is 1. The van der Waals surface area contributed by atoms with Gasteiger partial charge in [0.2, 0.25) is 10.0 Å². The Bertz CT molecular complexity index is 1630. The number of piperidine rings is 1. The summed E-state index contributed by atoms with van der Waals surface area (Å²) in [6.07, 6.45) is 3.80. The molecule has 1 amide bonds. The van der Waals surface area contributed by atoms with Gasteiger partial charge in [-0.25, -0.2) is 8.42 Å². The fourth-order valence-corrected chi connectivity index (χ4v) is 8.16. The minimum absolute atomic E-state index is 0.00691. The van der Waals surface area contributed by atoms with E-state index in [1.54, 1.807) is 16.3 Å². The summed E-state index contributed by atoms with van der Waals surface area (Å²) in [5.74, 6) is 0.787. The van der Waals surface area contributed by atoms with E-state index >= 15 is 0 Å². The summed E-state index contributed by atoms with van der Waals surface area (Å²) in [6.45, 7) is 7.54. The number of carbonyl (C=O) groups is 1. The van der Waals surface area contributed by atoms with Crippen molar-refractivity contribution in [3.63, 3.8) is 0 Å². The van der Waals surface area contributed by atoms with E-state index in [0.29, 0.717) is 28.7 Å². The third kappa shape index (κ3) is 6.89. The molecule has 2 aliphatic heterocycles. The Balaban J connectivity index is 1.31. The number of amides is 1. The van der Waals surface area contributed by atoms with Crippen molar-refractivity contribution in [2.75, 3.05) is 57.4 Å². The maximum absolute atomic E-state index is 13.4. The zero-order valence-corrected chi connectivity index (χ0v) is 28.4. The first-order valence-electron chi connectivity index (χ1n) is 15.0. The van der Waals surface area contributed by atoms with Crippen molar-refractivity contribution in [1.29, 1.82) is 0 Å². The van der Waals surface area contributed by atoms with Crippen LogP contribution in [0.15, 0.2) is 54.6 Å². The van der Waals surface area contributed by atoms with E-state index in [4.69, 9.17) is 27.9 Å². The van der Waals surface area contributed by atoms with Gasteiger partial charge < -0.3 is 14.5 Å². The zero-order valence-electron chi connectivity index (χ0n) is 26.1. The van der Waals surface area contributed by atoms with Gasteiger partial charge in [0.1, 0.15) is 5.75 Å². The van der Waals surface area contributed by atoms with Crippen molar-refractivity contribution in [3.8, 4) is 5.75 Å². The lowest BCUT2D eigenvalue weighted by Crippen LogP contribution is -2.46. The summed E-state index contributed by atoms with van der Waals surface area (Å²) in [5, 5.41) is 1.01. The molecule has 0 aliphatic carbocycles. The lowest BCUT2D eigenvalue weighted by Gasteiger charge is -2.40. The van der Waals surface area contributed by atoms with Gasteiger partial charge in [-0.1, -0.05) is 46.5 Å². The maximum Gasteiger partial charge on any atom is 0.253 e. The molecule has 10 heteroatoms. The van der Waals surface area contributed by atoms with Crippen LogP contribution in [-0.2, 0) is 15.4 Å². The Morgan fingerprint density at radius 2 is 1.68 bits per heavy atom. The molecule has 7 nitrogen and oxygen atoms in total. The van der Waals surface area contributed by atoms with Crippen molar-refractivity contribution in [1.82, 2.24) is 9.80 Å². The summed E-state index contributed by atoms with van der Waals surface area (Å²) in [6, 6.07) is 17.4. The predicted octanol–water partition coefficient (Wildman–Crippen LogP) is 6.68. The number of hydrogen-bond acceptors (Lipinski definition) is 5. The molecule has 1 saturated heterocycles. The number of rotatable bonds is 9. The van der Waals surface area contributed by atoms with E-state index in [2.05, 4.69) is 11.0 Å². The number of sulfonamides is 1. The van der Waals surface area contributed by atoms with Crippen molar-refractivity contribution < 1.29 is 17.9 Å². The van der Waals surface area contributed by atoms with Gasteiger partial charge in [-0.15, -0.1) is 0 Å². The highest BCUT2D eigenvalue weighted by molar-refractivity contribution is 7.92. The summed E-state index contributed by atoms with van der Waals surface area (Å²) >= 11 is 12.7. The Morgan fingerprint density at radius 1 is 1.00 bits per heavy atom. The number of fused-ring (bicyclic) bond motifs is 2. The van der Waals surface area contributed by atoms with E-state index < -0.39 is 10.0 Å². The number of likely N-dealkylation sites (tertiary alicyclic amines) is 1. The molecule has 3 aromatic carbocycles. The van der Waals surface area contributed by atoms with Gasteiger partial charge in [-0.3, -0.25) is 9.10 Å². The molecule has 2 aliphatic rings. The highest BCUT2D eigenvalue weighted by Crippen LogP contribution is 2.49. The van der Waals surface area contributed by atoms with Crippen LogP contribution in [0.25, 0.3) is 0 Å². The molecule has 0 saturated carbocycles. The summed E-state index contributed by atoms with van der Waals surface area (Å²) < 4.78 is 32.5. The van der Waals surface area contributed by atoms with Crippen molar-refractivity contribution in [2.45, 2.75) is 44.4 Å². The number of anilines is 1. The first kappa shape index (κ1) is 32.6. The molecule has 0 bridgehead atoms. The predicted molar refractivity (Wildman–Crippen MR) is 179 cm³/mol. The van der Waals surface area contributed by atoms with Crippen molar-refractivity contribution in [3.05, 3.63) is 92.5 Å². The van der Waals surface area contributed by atoms with E-state index in [-0.39, 0.29) is 17.2 Å². The Labute approximate surface area is 271 Å². The normalized spacial score (nSPS) is 17.0. The second kappa shape index (κ2) is 12.9. The van der Waals surface area contributed by atoms with Crippen LogP contribution < -0.4 is 9.04 Å². The van der Waals surface area contributed by atoms with Crippen LogP contribution in [0.4, 0.5) is 5.69 Å². The van der Waals surface area contributed by atoms with E-state index in [9.17, 15) is 13.2 Å². The molecule has 1 unspecified atom stereocenters. The fourth-order valence-electron chi connectivity index (χ4n) is 6.86. The summed E-state index contributed by atoms with van der Waals surface area (Å²) in [4.78, 5) is 17.7. The number of carbonyl (C=O) groups excluding carboxylic acids is 1. The third-order valence-electron chi connectivity index (χ3n) is 9.22. The second-order valence-electron chi connectivity index (χ2n) is 12.5. The minimum atomic E-state index is -3.40. The molecule has 236 valence electrons. The lowest BCUT2D eigenvalue weighted by atomic mass is 9.74. The first-order chi connectivity index (χ1) is 20.8. The average molecular weight is 659 g/mol. The van der Waals surface area contributed by atoms with Crippen molar-refractivity contribution >= 4 is 44.8 Å². The van der Waals surface area contributed by atoms with Gasteiger partial charge in [0.15, 0.2) is 0 Å². The van der Waals surface area contributed by atoms with E-state index in [1.807, 2.05) is 69.4 Å². The Morgan fingerprint density at radius 3 is 2.30 bits per heavy atom. The Hall–Kier alpha value is -2.78. The largest absolute Gasteiger partial charge is 0.497 e. The van der Waals surface area contributed by atoms with Gasteiger partial charge >= 0.3 is 0 Å². The molecule has 0 aromatic heterocycles. The van der Waals surface area contributed by atoms with Crippen LogP contribution in [0.3, 0.4) is 0 Å². The number of benzene rings is 3. The zero-order chi connectivity index (χ0) is 31.8. The molecule has 3 aromatic rings. The number of aryl methyl sites for hydroxylation is 2. The average Bonchev–Trinajstić information content (AvgIpc) is 3.30. The molecule has 44 heavy (non-hydrogen) atoms. The maximum atomic E-state index is 13.4. The molecule has 5 rings (SSSR count). The fraction of sp³-hybridized carbons (Fsp3) is 0.441. The van der Waals surface area contributed by atoms with Crippen LogP contribution in [0.1, 0.15) is 57.8 Å². The van der Waals surface area contributed by atoms with Gasteiger partial charge in [0, 0.05) is 37.0 Å². The smallest absolute Gasteiger partial charge is 0.253 e. The Kier molecular flexibility index (Phi) is 9.57. The van der Waals surface area contributed by atoms with Crippen LogP contribution in [0.2, 0.25) is 10.0 Å². The molecule has 0 N–H and O–H groups in total. The second-order valence-corrected chi connectivity index (χ2v) is 15.2. The number of nitrogens with zero attached hydrogens (tertiary/aromatic N) is 3. The van der Waals surface area contributed by atoms with Crippen molar-refractivity contribution in [2.24, 2.45) is 0 Å². The topological polar surface area (TPSA) is 70.2 Å². The van der Waals surface area contributed by atoms with Crippen LogP contribution in [0, 0.1) is 13.8 Å². The highest BCUT2D eigenvalue weighted by atomic mass is 35.5. The number of ether oxygens (including phenoxy) is 1. The number of halogens is 2. The lowest BCUT2D eigenvalue weighted by molar-refractivity contribution is 0.0780.